The van der Waals surface area contributed by atoms with E-state index in [0.29, 0.717) is 17.7 Å². The predicted octanol–water partition coefficient (Wildman–Crippen LogP) is 0.914. The lowest BCUT2D eigenvalue weighted by Gasteiger charge is -2.06. The van der Waals surface area contributed by atoms with Crippen LogP contribution in [0.25, 0.3) is 0 Å². The van der Waals surface area contributed by atoms with Gasteiger partial charge in [-0.3, -0.25) is 9.59 Å². The average molecular weight is 313 g/mol. The van der Waals surface area contributed by atoms with Crippen LogP contribution in [-0.4, -0.2) is 39.7 Å². The third-order valence-electron chi connectivity index (χ3n) is 2.56. The molecule has 0 saturated carbocycles. The summed E-state index contributed by atoms with van der Waals surface area (Å²) in [5, 5.41) is 2.60. The second-order valence-electron chi connectivity index (χ2n) is 4.58. The molecule has 1 aromatic rings. The zero-order chi connectivity index (χ0) is 15.9. The van der Waals surface area contributed by atoms with E-state index in [0.717, 1.165) is 6.26 Å². The van der Waals surface area contributed by atoms with Gasteiger partial charge in [-0.05, 0) is 24.6 Å². The van der Waals surface area contributed by atoms with Crippen LogP contribution in [0.4, 0.5) is 0 Å². The molecular weight excluding hydrogens is 294 g/mol. The Morgan fingerprint density at radius 1 is 1.19 bits per heavy atom. The van der Waals surface area contributed by atoms with Crippen LogP contribution in [-0.2, 0) is 25.1 Å². The number of hydrogen-bond donors (Lipinski definition) is 1. The zero-order valence-corrected chi connectivity index (χ0v) is 12.9. The van der Waals surface area contributed by atoms with Crippen molar-refractivity contribution in [3.8, 4) is 0 Å². The molecular formula is C14H19NO5S. The fourth-order valence-electron chi connectivity index (χ4n) is 1.67. The molecule has 21 heavy (non-hydrogen) atoms. The van der Waals surface area contributed by atoms with Crippen LogP contribution in [0.3, 0.4) is 0 Å². The second-order valence-corrected chi connectivity index (χ2v) is 6.72. The lowest BCUT2D eigenvalue weighted by molar-refractivity contribution is -0.142. The number of carbonyl (C=O) groups excluding carboxylic acids is 2. The van der Waals surface area contributed by atoms with Gasteiger partial charge >= 0.3 is 5.97 Å². The molecule has 0 fully saturated rings. The number of hydrogen-bond acceptors (Lipinski definition) is 5. The lowest BCUT2D eigenvalue weighted by atomic mass is 10.1. The van der Waals surface area contributed by atoms with Crippen molar-refractivity contribution in [3.63, 3.8) is 0 Å². The van der Waals surface area contributed by atoms with Crippen molar-refractivity contribution in [1.29, 1.82) is 0 Å². The summed E-state index contributed by atoms with van der Waals surface area (Å²) in [4.78, 5) is 22.9. The van der Waals surface area contributed by atoms with Gasteiger partial charge in [-0.15, -0.1) is 0 Å². The van der Waals surface area contributed by atoms with Crippen LogP contribution in [0.15, 0.2) is 24.3 Å². The van der Waals surface area contributed by atoms with Gasteiger partial charge in [-0.2, -0.15) is 0 Å². The van der Waals surface area contributed by atoms with E-state index in [1.165, 1.54) is 0 Å². The van der Waals surface area contributed by atoms with Gasteiger partial charge in [-0.25, -0.2) is 8.42 Å². The highest BCUT2D eigenvalue weighted by Crippen LogP contribution is 2.07. The van der Waals surface area contributed by atoms with Crippen molar-refractivity contribution in [2.45, 2.75) is 19.1 Å². The van der Waals surface area contributed by atoms with E-state index >= 15 is 0 Å². The highest BCUT2D eigenvalue weighted by molar-refractivity contribution is 7.89. The van der Waals surface area contributed by atoms with Gasteiger partial charge in [-0.1, -0.05) is 12.1 Å². The first-order valence-corrected chi connectivity index (χ1v) is 8.58. The number of nitrogens with one attached hydrogen (secondary N) is 1. The molecule has 6 nitrogen and oxygen atoms in total. The predicted molar refractivity (Wildman–Crippen MR) is 78.6 cm³/mol. The van der Waals surface area contributed by atoms with Crippen LogP contribution in [0.2, 0.25) is 0 Å². The second kappa shape index (κ2) is 7.78. The molecule has 0 radical (unpaired) electrons. The summed E-state index contributed by atoms with van der Waals surface area (Å²) in [6.45, 7) is 2.23. The Labute approximate surface area is 124 Å². The summed E-state index contributed by atoms with van der Waals surface area (Å²) < 4.78 is 27.1. The Hall–Kier alpha value is -1.89. The average Bonchev–Trinajstić information content (AvgIpc) is 2.38. The Kier molecular flexibility index (Phi) is 6.36. The van der Waals surface area contributed by atoms with Crippen molar-refractivity contribution in [3.05, 3.63) is 35.4 Å². The van der Waals surface area contributed by atoms with E-state index < -0.39 is 9.84 Å². The third-order valence-corrected chi connectivity index (χ3v) is 3.42. The summed E-state index contributed by atoms with van der Waals surface area (Å²) in [5.74, 6) is -0.732. The van der Waals surface area contributed by atoms with Gasteiger partial charge in [0.25, 0.3) is 5.91 Å². The zero-order valence-electron chi connectivity index (χ0n) is 12.1. The summed E-state index contributed by atoms with van der Waals surface area (Å²) in [6.07, 6.45) is 1.27. The molecule has 1 rings (SSSR count). The first-order chi connectivity index (χ1) is 9.81. The Morgan fingerprint density at radius 3 is 2.33 bits per heavy atom. The molecule has 116 valence electrons. The maximum atomic E-state index is 11.8. The van der Waals surface area contributed by atoms with Gasteiger partial charge in [0.1, 0.15) is 0 Å². The van der Waals surface area contributed by atoms with Gasteiger partial charge in [0.15, 0.2) is 9.84 Å². The highest BCUT2D eigenvalue weighted by atomic mass is 32.2. The molecule has 0 bridgehead atoms. The smallest absolute Gasteiger partial charge is 0.307 e. The van der Waals surface area contributed by atoms with Crippen molar-refractivity contribution in [2.24, 2.45) is 0 Å². The first-order valence-electron chi connectivity index (χ1n) is 6.52. The largest absolute Gasteiger partial charge is 0.466 e. The van der Waals surface area contributed by atoms with Gasteiger partial charge < -0.3 is 10.1 Å². The number of rotatable bonds is 7. The first kappa shape index (κ1) is 17.2. The molecule has 0 unspecified atom stereocenters. The minimum Gasteiger partial charge on any atom is -0.466 e. The number of carbonyl (C=O) groups is 2. The van der Waals surface area contributed by atoms with E-state index in [9.17, 15) is 18.0 Å². The normalized spacial score (nSPS) is 11.0. The Balaban J connectivity index is 2.50. The molecule has 0 aromatic heterocycles. The lowest BCUT2D eigenvalue weighted by Crippen LogP contribution is -2.26. The molecule has 0 aliphatic rings. The van der Waals surface area contributed by atoms with Gasteiger partial charge in [0.05, 0.1) is 18.8 Å². The van der Waals surface area contributed by atoms with Crippen molar-refractivity contribution in [2.75, 3.05) is 19.4 Å². The van der Waals surface area contributed by atoms with E-state index in [2.05, 4.69) is 5.32 Å². The summed E-state index contributed by atoms with van der Waals surface area (Å²) in [5.41, 5.74) is 1.04. The van der Waals surface area contributed by atoms with E-state index in [1.54, 1.807) is 31.2 Å². The summed E-state index contributed by atoms with van der Waals surface area (Å²) >= 11 is 0. The van der Waals surface area contributed by atoms with E-state index in [1.807, 2.05) is 0 Å². The van der Waals surface area contributed by atoms with E-state index in [-0.39, 0.29) is 30.6 Å². The Bertz CT molecular complexity index is 592. The molecule has 0 heterocycles. The quantitative estimate of drug-likeness (QED) is 0.756. The molecule has 0 spiro atoms. The monoisotopic (exact) mass is 313 g/mol. The van der Waals surface area contributed by atoms with Crippen LogP contribution in [0.5, 0.6) is 0 Å². The fraction of sp³-hybridized carbons (Fsp3) is 0.429. The van der Waals surface area contributed by atoms with Gasteiger partial charge in [0.2, 0.25) is 0 Å². The number of amides is 1. The topological polar surface area (TPSA) is 89.5 Å². The van der Waals surface area contributed by atoms with Crippen molar-refractivity contribution < 1.29 is 22.7 Å². The maximum Gasteiger partial charge on any atom is 0.307 e. The molecule has 0 saturated heterocycles. The number of benzene rings is 1. The SMILES string of the molecule is CCOC(=O)CCNC(=O)c1ccc(CS(C)(=O)=O)cc1. The number of sulfone groups is 1. The molecule has 0 aliphatic carbocycles. The van der Waals surface area contributed by atoms with Crippen molar-refractivity contribution >= 4 is 21.7 Å². The summed E-state index contributed by atoms with van der Waals surface area (Å²) in [6, 6.07) is 6.31. The van der Waals surface area contributed by atoms with Crippen LogP contribution < -0.4 is 5.32 Å². The molecule has 0 aliphatic heterocycles. The van der Waals surface area contributed by atoms with Crippen LogP contribution in [0.1, 0.15) is 29.3 Å². The minimum absolute atomic E-state index is 0.0578. The molecule has 7 heteroatoms. The number of ether oxygens (including phenoxy) is 1. The molecule has 0 atom stereocenters. The molecule has 1 aromatic carbocycles. The third kappa shape index (κ3) is 6.89. The maximum absolute atomic E-state index is 11.8. The van der Waals surface area contributed by atoms with Crippen LogP contribution >= 0.6 is 0 Å². The van der Waals surface area contributed by atoms with E-state index in [4.69, 9.17) is 4.74 Å². The highest BCUT2D eigenvalue weighted by Gasteiger charge is 2.09. The number of esters is 1. The molecule has 1 amide bonds. The van der Waals surface area contributed by atoms with Crippen LogP contribution in [0, 0.1) is 0 Å². The minimum atomic E-state index is -3.09. The fourth-order valence-corrected chi connectivity index (χ4v) is 2.47. The van der Waals surface area contributed by atoms with Gasteiger partial charge in [0, 0.05) is 18.4 Å². The Morgan fingerprint density at radius 2 is 1.81 bits per heavy atom. The summed E-state index contributed by atoms with van der Waals surface area (Å²) in [7, 11) is -3.09. The molecule has 1 N–H and O–H groups in total. The van der Waals surface area contributed by atoms with Crippen molar-refractivity contribution in [1.82, 2.24) is 5.32 Å². The standard InChI is InChI=1S/C14H19NO5S/c1-3-20-13(16)8-9-15-14(17)12-6-4-11(5-7-12)10-21(2,18)19/h4-7H,3,8-10H2,1-2H3,(H,15,17).